The van der Waals surface area contributed by atoms with E-state index in [0.717, 1.165) is 28.3 Å². The summed E-state index contributed by atoms with van der Waals surface area (Å²) in [6, 6.07) is 8.53. The number of anilines is 1. The molecule has 1 heterocycles. The Balaban J connectivity index is 1.75. The van der Waals surface area contributed by atoms with Gasteiger partial charge in [0.2, 0.25) is 0 Å². The van der Waals surface area contributed by atoms with Crippen molar-refractivity contribution in [3.05, 3.63) is 46.8 Å². The topological polar surface area (TPSA) is 43.3 Å². The average Bonchev–Trinajstić information content (AvgIpc) is 3.30. The lowest BCUT2D eigenvalue weighted by Crippen LogP contribution is -2.15. The molecule has 23 heavy (non-hydrogen) atoms. The number of Topliss-reactive ketones (excluding diaryl/α,β-unsaturated/α-hetero) is 1. The van der Waals surface area contributed by atoms with E-state index in [1.54, 1.807) is 7.11 Å². The molecule has 3 rings (SSSR count). The Bertz CT molecular complexity index is 742. The van der Waals surface area contributed by atoms with Gasteiger partial charge in [-0.05, 0) is 57.4 Å². The third-order valence-electron chi connectivity index (χ3n) is 4.49. The van der Waals surface area contributed by atoms with Crippen molar-refractivity contribution in [1.29, 1.82) is 0 Å². The Morgan fingerprint density at radius 3 is 2.65 bits per heavy atom. The van der Waals surface area contributed by atoms with Crippen LogP contribution in [0.4, 0.5) is 5.69 Å². The number of hydrogen-bond donors (Lipinski definition) is 1. The molecular weight excluding hydrogens is 288 g/mol. The van der Waals surface area contributed by atoms with Crippen LogP contribution in [0.1, 0.15) is 46.2 Å². The number of hydrogen-bond acceptors (Lipinski definition) is 3. The first-order valence-corrected chi connectivity index (χ1v) is 8.11. The number of aromatic nitrogens is 1. The summed E-state index contributed by atoms with van der Waals surface area (Å²) in [5, 5.41) is 3.22. The number of carbonyl (C=O) groups excluding carboxylic acids is 1. The standard InChI is InChI=1S/C19H24N2O2/c1-12-5-8-19(23-4)17(9-12)20-11-18(22)16-10-13(2)21(14(16)3)15-6-7-15/h5,8-10,15,20H,6-7,11H2,1-4H3. The second kappa shape index (κ2) is 6.11. The highest BCUT2D eigenvalue weighted by atomic mass is 16.5. The largest absolute Gasteiger partial charge is 0.495 e. The molecule has 0 bridgehead atoms. The molecule has 1 aliphatic carbocycles. The van der Waals surface area contributed by atoms with Gasteiger partial charge in [0.25, 0.3) is 0 Å². The first-order valence-electron chi connectivity index (χ1n) is 8.11. The smallest absolute Gasteiger partial charge is 0.183 e. The van der Waals surface area contributed by atoms with E-state index >= 15 is 0 Å². The predicted octanol–water partition coefficient (Wildman–Crippen LogP) is 4.05. The van der Waals surface area contributed by atoms with Crippen molar-refractivity contribution in [2.24, 2.45) is 0 Å². The fourth-order valence-electron chi connectivity index (χ4n) is 3.18. The van der Waals surface area contributed by atoms with Gasteiger partial charge >= 0.3 is 0 Å². The molecule has 0 atom stereocenters. The van der Waals surface area contributed by atoms with Gasteiger partial charge in [-0.3, -0.25) is 4.79 Å². The van der Waals surface area contributed by atoms with Gasteiger partial charge in [-0.15, -0.1) is 0 Å². The lowest BCUT2D eigenvalue weighted by Gasteiger charge is -2.12. The molecule has 1 fully saturated rings. The summed E-state index contributed by atoms with van der Waals surface area (Å²) in [7, 11) is 1.64. The average molecular weight is 312 g/mol. The third-order valence-corrected chi connectivity index (χ3v) is 4.49. The maximum atomic E-state index is 12.6. The minimum absolute atomic E-state index is 0.119. The number of methoxy groups -OCH3 is 1. The predicted molar refractivity (Wildman–Crippen MR) is 92.7 cm³/mol. The number of nitrogens with one attached hydrogen (secondary N) is 1. The molecule has 0 spiro atoms. The monoisotopic (exact) mass is 312 g/mol. The number of aryl methyl sites for hydroxylation is 2. The van der Waals surface area contributed by atoms with E-state index in [0.29, 0.717) is 6.04 Å². The van der Waals surface area contributed by atoms with E-state index in [1.165, 1.54) is 18.5 Å². The molecule has 1 aromatic carbocycles. The number of ether oxygens (including phenoxy) is 1. The Morgan fingerprint density at radius 1 is 1.26 bits per heavy atom. The Hall–Kier alpha value is -2.23. The Kier molecular flexibility index (Phi) is 4.16. The quantitative estimate of drug-likeness (QED) is 0.818. The van der Waals surface area contributed by atoms with Crippen LogP contribution < -0.4 is 10.1 Å². The zero-order chi connectivity index (χ0) is 16.6. The van der Waals surface area contributed by atoms with E-state index in [2.05, 4.69) is 16.8 Å². The van der Waals surface area contributed by atoms with Gasteiger partial charge in [0.15, 0.2) is 5.78 Å². The van der Waals surface area contributed by atoms with Crippen LogP contribution in [0.5, 0.6) is 5.75 Å². The SMILES string of the molecule is COc1ccc(C)cc1NCC(=O)c1cc(C)n(C2CC2)c1C. The van der Waals surface area contributed by atoms with Crippen LogP contribution in [0.25, 0.3) is 0 Å². The van der Waals surface area contributed by atoms with Gasteiger partial charge in [-0.2, -0.15) is 0 Å². The second-order valence-corrected chi connectivity index (χ2v) is 6.37. The van der Waals surface area contributed by atoms with Gasteiger partial charge in [0.05, 0.1) is 19.3 Å². The van der Waals surface area contributed by atoms with Crippen LogP contribution in [0.3, 0.4) is 0 Å². The molecule has 1 aliphatic rings. The van der Waals surface area contributed by atoms with E-state index < -0.39 is 0 Å². The molecule has 0 amide bonds. The summed E-state index contributed by atoms with van der Waals surface area (Å²) >= 11 is 0. The minimum Gasteiger partial charge on any atom is -0.495 e. The molecule has 0 radical (unpaired) electrons. The van der Waals surface area contributed by atoms with Gasteiger partial charge in [0, 0.05) is 23.0 Å². The first kappa shape index (κ1) is 15.7. The van der Waals surface area contributed by atoms with Crippen molar-refractivity contribution in [3.63, 3.8) is 0 Å². The molecular formula is C19H24N2O2. The molecule has 122 valence electrons. The van der Waals surface area contributed by atoms with Crippen molar-refractivity contribution in [2.45, 2.75) is 39.7 Å². The summed E-state index contributed by atoms with van der Waals surface area (Å²) in [5.41, 5.74) is 5.09. The molecule has 4 heteroatoms. The van der Waals surface area contributed by atoms with Crippen molar-refractivity contribution >= 4 is 11.5 Å². The van der Waals surface area contributed by atoms with E-state index in [1.807, 2.05) is 38.1 Å². The molecule has 0 unspecified atom stereocenters. The van der Waals surface area contributed by atoms with Gasteiger partial charge in [0.1, 0.15) is 5.75 Å². The number of benzene rings is 1. The minimum atomic E-state index is 0.119. The molecule has 0 saturated heterocycles. The maximum absolute atomic E-state index is 12.6. The lowest BCUT2D eigenvalue weighted by atomic mass is 10.1. The zero-order valence-corrected chi connectivity index (χ0v) is 14.3. The third kappa shape index (κ3) is 3.11. The maximum Gasteiger partial charge on any atom is 0.183 e. The van der Waals surface area contributed by atoms with Crippen LogP contribution in [0.15, 0.2) is 24.3 Å². The van der Waals surface area contributed by atoms with Crippen LogP contribution >= 0.6 is 0 Å². The molecule has 4 nitrogen and oxygen atoms in total. The van der Waals surface area contributed by atoms with Crippen molar-refractivity contribution in [3.8, 4) is 5.75 Å². The van der Waals surface area contributed by atoms with Crippen LogP contribution in [-0.2, 0) is 0 Å². The van der Waals surface area contributed by atoms with E-state index in [-0.39, 0.29) is 12.3 Å². The Labute approximate surface area is 137 Å². The summed E-state index contributed by atoms with van der Waals surface area (Å²) in [6.07, 6.45) is 2.45. The Morgan fingerprint density at radius 2 is 2.00 bits per heavy atom. The van der Waals surface area contributed by atoms with E-state index in [9.17, 15) is 4.79 Å². The number of carbonyl (C=O) groups is 1. The van der Waals surface area contributed by atoms with Crippen LogP contribution in [0, 0.1) is 20.8 Å². The first-order chi connectivity index (χ1) is 11.0. The summed E-state index contributed by atoms with van der Waals surface area (Å²) in [5.74, 6) is 0.875. The van der Waals surface area contributed by atoms with Crippen molar-refractivity contribution in [1.82, 2.24) is 4.57 Å². The molecule has 2 aromatic rings. The fourth-order valence-corrected chi connectivity index (χ4v) is 3.18. The zero-order valence-electron chi connectivity index (χ0n) is 14.3. The second-order valence-electron chi connectivity index (χ2n) is 6.37. The van der Waals surface area contributed by atoms with Crippen LogP contribution in [0.2, 0.25) is 0 Å². The number of ketones is 1. The van der Waals surface area contributed by atoms with Crippen molar-refractivity contribution < 1.29 is 9.53 Å². The van der Waals surface area contributed by atoms with Crippen molar-refractivity contribution in [2.75, 3.05) is 19.0 Å². The summed E-state index contributed by atoms with van der Waals surface area (Å²) in [6.45, 7) is 6.43. The van der Waals surface area contributed by atoms with Crippen LogP contribution in [-0.4, -0.2) is 24.0 Å². The number of nitrogens with zero attached hydrogens (tertiary/aromatic N) is 1. The highest BCUT2D eigenvalue weighted by Gasteiger charge is 2.28. The fraction of sp³-hybridized carbons (Fsp3) is 0.421. The highest BCUT2D eigenvalue weighted by molar-refractivity contribution is 6.00. The van der Waals surface area contributed by atoms with Gasteiger partial charge in [-0.25, -0.2) is 0 Å². The molecule has 1 aromatic heterocycles. The van der Waals surface area contributed by atoms with Gasteiger partial charge in [-0.1, -0.05) is 6.07 Å². The summed E-state index contributed by atoms with van der Waals surface area (Å²) in [4.78, 5) is 12.6. The van der Waals surface area contributed by atoms with Gasteiger partial charge < -0.3 is 14.6 Å². The van der Waals surface area contributed by atoms with E-state index in [4.69, 9.17) is 4.74 Å². The molecule has 1 saturated carbocycles. The molecule has 0 aliphatic heterocycles. The normalized spacial score (nSPS) is 13.9. The molecule has 1 N–H and O–H groups in total. The lowest BCUT2D eigenvalue weighted by molar-refractivity contribution is 0.101. The highest BCUT2D eigenvalue weighted by Crippen LogP contribution is 2.38. The number of rotatable bonds is 6. The summed E-state index contributed by atoms with van der Waals surface area (Å²) < 4.78 is 7.65.